The van der Waals surface area contributed by atoms with Crippen molar-refractivity contribution in [3.05, 3.63) is 66.4 Å². The van der Waals surface area contributed by atoms with Crippen LogP contribution in [0.2, 0.25) is 0 Å². The fraction of sp³-hybridized carbons (Fsp3) is 0.300. The summed E-state index contributed by atoms with van der Waals surface area (Å²) in [6.07, 6.45) is 4.13. The molecule has 0 bridgehead atoms. The van der Waals surface area contributed by atoms with Crippen LogP contribution in [0, 0.1) is 0 Å². The highest BCUT2D eigenvalue weighted by molar-refractivity contribution is 5.75. The summed E-state index contributed by atoms with van der Waals surface area (Å²) >= 11 is 0. The molecule has 24 heavy (non-hydrogen) atoms. The number of rotatable bonds is 4. The van der Waals surface area contributed by atoms with Crippen LogP contribution in [-0.4, -0.2) is 34.0 Å². The first-order valence-electron chi connectivity index (χ1n) is 8.61. The second kappa shape index (κ2) is 6.97. The number of hydrogen-bond acceptors (Lipinski definition) is 4. The summed E-state index contributed by atoms with van der Waals surface area (Å²) in [7, 11) is 0. The van der Waals surface area contributed by atoms with Crippen LogP contribution < -0.4 is 5.32 Å². The molecule has 0 spiro atoms. The van der Waals surface area contributed by atoms with E-state index < -0.39 is 0 Å². The van der Waals surface area contributed by atoms with Crippen molar-refractivity contribution in [3.8, 4) is 0 Å². The van der Waals surface area contributed by atoms with E-state index in [-0.39, 0.29) is 0 Å². The molecule has 2 heterocycles. The van der Waals surface area contributed by atoms with Crippen molar-refractivity contribution in [2.24, 2.45) is 0 Å². The van der Waals surface area contributed by atoms with E-state index in [9.17, 15) is 0 Å². The monoisotopic (exact) mass is 318 g/mol. The van der Waals surface area contributed by atoms with Crippen LogP contribution in [0.1, 0.15) is 18.4 Å². The van der Waals surface area contributed by atoms with Gasteiger partial charge < -0.3 is 5.32 Å². The highest BCUT2D eigenvalue weighted by Crippen LogP contribution is 2.18. The van der Waals surface area contributed by atoms with Crippen LogP contribution in [-0.2, 0) is 6.54 Å². The summed E-state index contributed by atoms with van der Waals surface area (Å²) in [5.41, 5.74) is 3.29. The Kier molecular flexibility index (Phi) is 4.38. The predicted octanol–water partition coefficient (Wildman–Crippen LogP) is 3.71. The van der Waals surface area contributed by atoms with Crippen molar-refractivity contribution in [1.82, 2.24) is 14.9 Å². The first-order valence-corrected chi connectivity index (χ1v) is 8.61. The van der Waals surface area contributed by atoms with E-state index in [0.29, 0.717) is 6.04 Å². The topological polar surface area (TPSA) is 41.0 Å². The average Bonchev–Trinajstić information content (AvgIpc) is 2.64. The third-order valence-electron chi connectivity index (χ3n) is 4.64. The molecule has 2 aromatic carbocycles. The van der Waals surface area contributed by atoms with Crippen molar-refractivity contribution in [2.75, 3.05) is 18.4 Å². The van der Waals surface area contributed by atoms with Crippen LogP contribution >= 0.6 is 0 Å². The van der Waals surface area contributed by atoms with E-state index in [1.165, 1.54) is 5.56 Å². The molecule has 0 amide bonds. The normalized spacial score (nSPS) is 16.3. The molecule has 0 unspecified atom stereocenters. The van der Waals surface area contributed by atoms with Gasteiger partial charge in [-0.05, 0) is 30.5 Å². The van der Waals surface area contributed by atoms with Crippen LogP contribution in [0.5, 0.6) is 0 Å². The Morgan fingerprint density at radius 3 is 2.42 bits per heavy atom. The summed E-state index contributed by atoms with van der Waals surface area (Å²) in [5.74, 6) is 0.884. The molecule has 1 aliphatic heterocycles. The van der Waals surface area contributed by atoms with Crippen LogP contribution in [0.4, 0.5) is 5.82 Å². The minimum atomic E-state index is 0.479. The maximum Gasteiger partial charge on any atom is 0.145 e. The number of fused-ring (bicyclic) bond motifs is 1. The minimum absolute atomic E-state index is 0.479. The van der Waals surface area contributed by atoms with E-state index in [1.54, 1.807) is 0 Å². The molecule has 4 rings (SSSR count). The van der Waals surface area contributed by atoms with Gasteiger partial charge in [0, 0.05) is 25.7 Å². The highest BCUT2D eigenvalue weighted by atomic mass is 15.1. The van der Waals surface area contributed by atoms with Crippen LogP contribution in [0.25, 0.3) is 11.0 Å². The van der Waals surface area contributed by atoms with Gasteiger partial charge in [-0.15, -0.1) is 0 Å². The van der Waals surface area contributed by atoms with Gasteiger partial charge >= 0.3 is 0 Å². The van der Waals surface area contributed by atoms with Crippen molar-refractivity contribution in [1.29, 1.82) is 0 Å². The number of piperidine rings is 1. The van der Waals surface area contributed by atoms with Crippen molar-refractivity contribution in [2.45, 2.75) is 25.4 Å². The smallest absolute Gasteiger partial charge is 0.145 e. The van der Waals surface area contributed by atoms with E-state index >= 15 is 0 Å². The lowest BCUT2D eigenvalue weighted by atomic mass is 10.0. The lowest BCUT2D eigenvalue weighted by Crippen LogP contribution is -2.38. The number of hydrogen-bond donors (Lipinski definition) is 1. The fourth-order valence-corrected chi connectivity index (χ4v) is 3.31. The Hall–Kier alpha value is -2.46. The maximum absolute atomic E-state index is 4.67. The van der Waals surface area contributed by atoms with Gasteiger partial charge in [-0.3, -0.25) is 9.88 Å². The lowest BCUT2D eigenvalue weighted by molar-refractivity contribution is 0.211. The Balaban J connectivity index is 1.34. The van der Waals surface area contributed by atoms with Crippen molar-refractivity contribution < 1.29 is 0 Å². The number of anilines is 1. The molecular formula is C20H22N4. The van der Waals surface area contributed by atoms with Crippen LogP contribution in [0.15, 0.2) is 60.8 Å². The van der Waals surface area contributed by atoms with E-state index in [2.05, 4.69) is 50.5 Å². The molecule has 0 atom stereocenters. The first kappa shape index (κ1) is 15.1. The molecule has 1 saturated heterocycles. The summed E-state index contributed by atoms with van der Waals surface area (Å²) in [5, 5.41) is 3.56. The van der Waals surface area contributed by atoms with E-state index in [4.69, 9.17) is 0 Å². The van der Waals surface area contributed by atoms with Gasteiger partial charge in [-0.1, -0.05) is 42.5 Å². The zero-order chi connectivity index (χ0) is 16.2. The predicted molar refractivity (Wildman–Crippen MR) is 97.9 cm³/mol. The van der Waals surface area contributed by atoms with Crippen molar-refractivity contribution >= 4 is 16.9 Å². The van der Waals surface area contributed by atoms with Crippen molar-refractivity contribution in [3.63, 3.8) is 0 Å². The first-order chi connectivity index (χ1) is 11.9. The second-order valence-corrected chi connectivity index (χ2v) is 6.42. The Labute approximate surface area is 142 Å². The molecule has 4 heteroatoms. The van der Waals surface area contributed by atoms with Crippen LogP contribution in [0.3, 0.4) is 0 Å². The Morgan fingerprint density at radius 1 is 0.917 bits per heavy atom. The molecule has 1 aromatic heterocycles. The summed E-state index contributed by atoms with van der Waals surface area (Å²) in [6, 6.07) is 19.2. The molecule has 0 saturated carbocycles. The standard InChI is InChI=1S/C20H22N4/c1-2-6-16(7-3-1)15-24-12-10-17(11-13-24)22-20-14-21-18-8-4-5-9-19(18)23-20/h1-9,14,17H,10-13,15H2,(H,22,23). The van der Waals surface area contributed by atoms with Gasteiger partial charge in [0.1, 0.15) is 5.82 Å². The number of benzene rings is 2. The van der Waals surface area contributed by atoms with Gasteiger partial charge in [-0.2, -0.15) is 0 Å². The average molecular weight is 318 g/mol. The minimum Gasteiger partial charge on any atom is -0.366 e. The van der Waals surface area contributed by atoms with Gasteiger partial charge in [0.25, 0.3) is 0 Å². The Morgan fingerprint density at radius 2 is 1.62 bits per heavy atom. The van der Waals surface area contributed by atoms with Gasteiger partial charge in [0.15, 0.2) is 0 Å². The largest absolute Gasteiger partial charge is 0.366 e. The molecular weight excluding hydrogens is 296 g/mol. The lowest BCUT2D eigenvalue weighted by Gasteiger charge is -2.32. The molecule has 0 radical (unpaired) electrons. The van der Waals surface area contributed by atoms with E-state index in [0.717, 1.165) is 49.3 Å². The molecule has 122 valence electrons. The molecule has 3 aromatic rings. The summed E-state index contributed by atoms with van der Waals surface area (Å²) in [4.78, 5) is 11.7. The Bertz CT molecular complexity index is 795. The third-order valence-corrected chi connectivity index (χ3v) is 4.64. The number of likely N-dealkylation sites (tertiary alicyclic amines) is 1. The maximum atomic E-state index is 4.67. The van der Waals surface area contributed by atoms with Gasteiger partial charge in [0.2, 0.25) is 0 Å². The zero-order valence-corrected chi connectivity index (χ0v) is 13.7. The highest BCUT2D eigenvalue weighted by Gasteiger charge is 2.19. The number of nitrogens with zero attached hydrogens (tertiary/aromatic N) is 3. The van der Waals surface area contributed by atoms with Gasteiger partial charge in [0.05, 0.1) is 17.2 Å². The molecule has 0 aliphatic carbocycles. The molecule has 4 nitrogen and oxygen atoms in total. The second-order valence-electron chi connectivity index (χ2n) is 6.42. The summed E-state index contributed by atoms with van der Waals surface area (Å²) < 4.78 is 0. The van der Waals surface area contributed by atoms with E-state index in [1.807, 2.05) is 30.5 Å². The molecule has 1 aliphatic rings. The zero-order valence-electron chi connectivity index (χ0n) is 13.7. The molecule has 1 fully saturated rings. The number of para-hydroxylation sites is 2. The third kappa shape index (κ3) is 3.54. The van der Waals surface area contributed by atoms with Gasteiger partial charge in [-0.25, -0.2) is 4.98 Å². The SMILES string of the molecule is c1ccc(CN2CCC(Nc3cnc4ccccc4n3)CC2)cc1. The number of aromatic nitrogens is 2. The number of nitrogens with one attached hydrogen (secondary N) is 1. The quantitative estimate of drug-likeness (QED) is 0.796. The molecule has 1 N–H and O–H groups in total. The summed E-state index contributed by atoms with van der Waals surface area (Å²) in [6.45, 7) is 3.28. The fourth-order valence-electron chi connectivity index (χ4n) is 3.31.